The number of rotatable bonds is 6. The quantitative estimate of drug-likeness (QED) is 0.839. The third-order valence-electron chi connectivity index (χ3n) is 4.56. The van der Waals surface area contributed by atoms with E-state index in [0.29, 0.717) is 25.9 Å². The Hall–Kier alpha value is -2.25. The molecule has 7 heteroatoms. The van der Waals surface area contributed by atoms with Crippen molar-refractivity contribution in [1.29, 1.82) is 0 Å². The van der Waals surface area contributed by atoms with Gasteiger partial charge in [0, 0.05) is 32.0 Å². The van der Waals surface area contributed by atoms with Crippen molar-refractivity contribution < 1.29 is 13.2 Å². The maximum atomic E-state index is 12.7. The fourth-order valence-electron chi connectivity index (χ4n) is 3.12. The monoisotopic (exact) mass is 373 g/mol. The number of hydrogen-bond donors (Lipinski definition) is 1. The Morgan fingerprint density at radius 1 is 1.12 bits per heavy atom. The van der Waals surface area contributed by atoms with E-state index in [-0.39, 0.29) is 24.1 Å². The van der Waals surface area contributed by atoms with Crippen molar-refractivity contribution in [3.05, 3.63) is 66.0 Å². The second-order valence-electron chi connectivity index (χ2n) is 6.51. The van der Waals surface area contributed by atoms with Gasteiger partial charge in [0.05, 0.1) is 11.7 Å². The van der Waals surface area contributed by atoms with Crippen LogP contribution in [-0.4, -0.2) is 36.7 Å². The van der Waals surface area contributed by atoms with Gasteiger partial charge in [0.25, 0.3) is 0 Å². The Morgan fingerprint density at radius 3 is 2.58 bits per heavy atom. The maximum absolute atomic E-state index is 12.7. The molecule has 0 saturated carbocycles. The molecule has 0 spiro atoms. The zero-order valence-corrected chi connectivity index (χ0v) is 15.4. The molecule has 6 nitrogen and oxygen atoms in total. The van der Waals surface area contributed by atoms with Crippen LogP contribution in [0.25, 0.3) is 0 Å². The molecule has 1 amide bonds. The molecule has 0 bridgehead atoms. The van der Waals surface area contributed by atoms with Crippen molar-refractivity contribution in [3.63, 3.8) is 0 Å². The summed E-state index contributed by atoms with van der Waals surface area (Å²) < 4.78 is 26.8. The molecule has 1 saturated heterocycles. The molecule has 1 aliphatic rings. The SMILES string of the molecule is O=C(NCc1ccncc1)[C@H]1CCCN(S(=O)(=O)Cc2ccccc2)C1. The van der Waals surface area contributed by atoms with E-state index in [4.69, 9.17) is 0 Å². The summed E-state index contributed by atoms with van der Waals surface area (Å²) in [4.78, 5) is 16.4. The highest BCUT2D eigenvalue weighted by Gasteiger charge is 2.32. The van der Waals surface area contributed by atoms with Crippen LogP contribution in [0.5, 0.6) is 0 Å². The lowest BCUT2D eigenvalue weighted by Gasteiger charge is -2.31. The van der Waals surface area contributed by atoms with Gasteiger partial charge in [-0.15, -0.1) is 0 Å². The Kier molecular flexibility index (Phi) is 6.00. The van der Waals surface area contributed by atoms with Gasteiger partial charge in [0.1, 0.15) is 0 Å². The van der Waals surface area contributed by atoms with E-state index >= 15 is 0 Å². The van der Waals surface area contributed by atoms with Crippen LogP contribution in [0.15, 0.2) is 54.9 Å². The molecule has 26 heavy (non-hydrogen) atoms. The first-order valence-corrected chi connectivity index (χ1v) is 10.3. The number of carbonyl (C=O) groups excluding carboxylic acids is 1. The third-order valence-corrected chi connectivity index (χ3v) is 6.37. The number of aromatic nitrogens is 1. The molecule has 1 aliphatic heterocycles. The van der Waals surface area contributed by atoms with E-state index in [1.165, 1.54) is 4.31 Å². The lowest BCUT2D eigenvalue weighted by Crippen LogP contribution is -2.45. The molecule has 0 aliphatic carbocycles. The van der Waals surface area contributed by atoms with E-state index < -0.39 is 10.0 Å². The van der Waals surface area contributed by atoms with Crippen LogP contribution in [0.3, 0.4) is 0 Å². The summed E-state index contributed by atoms with van der Waals surface area (Å²) in [5.74, 6) is -0.434. The molecule has 0 unspecified atom stereocenters. The minimum atomic E-state index is -3.42. The number of piperidine rings is 1. The first-order valence-electron chi connectivity index (χ1n) is 8.73. The molecule has 138 valence electrons. The van der Waals surface area contributed by atoms with Gasteiger partial charge in [-0.3, -0.25) is 9.78 Å². The number of benzene rings is 1. The summed E-state index contributed by atoms with van der Waals surface area (Å²) >= 11 is 0. The maximum Gasteiger partial charge on any atom is 0.224 e. The number of sulfonamides is 1. The summed E-state index contributed by atoms with van der Waals surface area (Å²) in [6.07, 6.45) is 4.76. The van der Waals surface area contributed by atoms with Crippen molar-refractivity contribution in [2.24, 2.45) is 5.92 Å². The lowest BCUT2D eigenvalue weighted by molar-refractivity contribution is -0.126. The number of pyridine rings is 1. The summed E-state index contributed by atoms with van der Waals surface area (Å²) in [6.45, 7) is 1.15. The predicted octanol–water partition coefficient (Wildman–Crippen LogP) is 1.94. The highest BCUT2D eigenvalue weighted by molar-refractivity contribution is 7.88. The topological polar surface area (TPSA) is 79.4 Å². The molecule has 2 heterocycles. The molecule has 1 atom stereocenters. The van der Waals surface area contributed by atoms with Gasteiger partial charge < -0.3 is 5.32 Å². The molecule has 1 aromatic carbocycles. The summed E-state index contributed by atoms with van der Waals surface area (Å²) in [5.41, 5.74) is 1.73. The van der Waals surface area contributed by atoms with E-state index in [1.807, 2.05) is 30.3 Å². The number of nitrogens with one attached hydrogen (secondary N) is 1. The van der Waals surface area contributed by atoms with E-state index in [0.717, 1.165) is 11.1 Å². The minimum Gasteiger partial charge on any atom is -0.352 e. The number of carbonyl (C=O) groups is 1. The zero-order valence-electron chi connectivity index (χ0n) is 14.5. The highest BCUT2D eigenvalue weighted by atomic mass is 32.2. The largest absolute Gasteiger partial charge is 0.352 e. The van der Waals surface area contributed by atoms with Crippen molar-refractivity contribution in [1.82, 2.24) is 14.6 Å². The van der Waals surface area contributed by atoms with E-state index in [1.54, 1.807) is 24.5 Å². The summed E-state index contributed by atoms with van der Waals surface area (Å²) in [7, 11) is -3.42. The van der Waals surface area contributed by atoms with Crippen LogP contribution >= 0.6 is 0 Å². The summed E-state index contributed by atoms with van der Waals surface area (Å²) in [5, 5.41) is 2.90. The van der Waals surface area contributed by atoms with Crippen LogP contribution in [0.1, 0.15) is 24.0 Å². The van der Waals surface area contributed by atoms with Crippen LogP contribution in [-0.2, 0) is 27.1 Å². The fraction of sp³-hybridized carbons (Fsp3) is 0.368. The number of amides is 1. The fourth-order valence-corrected chi connectivity index (χ4v) is 4.73. The molecule has 0 radical (unpaired) electrons. The van der Waals surface area contributed by atoms with E-state index in [9.17, 15) is 13.2 Å². The molecule has 1 N–H and O–H groups in total. The smallest absolute Gasteiger partial charge is 0.224 e. The average Bonchev–Trinajstić information content (AvgIpc) is 2.67. The van der Waals surface area contributed by atoms with Gasteiger partial charge in [0.15, 0.2) is 0 Å². The standard InChI is InChI=1S/C19H23N3O3S/c23-19(21-13-16-8-10-20-11-9-16)18-7-4-12-22(14-18)26(24,25)15-17-5-2-1-3-6-17/h1-3,5-6,8-11,18H,4,7,12-15H2,(H,21,23)/t18-/m0/s1. The van der Waals surface area contributed by atoms with Gasteiger partial charge >= 0.3 is 0 Å². The molecule has 3 rings (SSSR count). The van der Waals surface area contributed by atoms with Crippen molar-refractivity contribution in [2.45, 2.75) is 25.1 Å². The Labute approximate surface area is 154 Å². The predicted molar refractivity (Wildman–Crippen MR) is 99.4 cm³/mol. The van der Waals surface area contributed by atoms with Gasteiger partial charge in [-0.05, 0) is 36.1 Å². The second-order valence-corrected chi connectivity index (χ2v) is 8.48. The lowest BCUT2D eigenvalue weighted by atomic mass is 9.99. The molecule has 1 aromatic heterocycles. The molecule has 1 fully saturated rings. The number of nitrogens with zero attached hydrogens (tertiary/aromatic N) is 2. The molecular formula is C19H23N3O3S. The molecular weight excluding hydrogens is 350 g/mol. The Bertz CT molecular complexity index is 826. The van der Waals surface area contributed by atoms with Crippen LogP contribution in [0.2, 0.25) is 0 Å². The van der Waals surface area contributed by atoms with Gasteiger partial charge in [-0.2, -0.15) is 0 Å². The first kappa shape index (κ1) is 18.5. The Balaban J connectivity index is 1.58. The van der Waals surface area contributed by atoms with Crippen LogP contribution < -0.4 is 5.32 Å². The van der Waals surface area contributed by atoms with Gasteiger partial charge in [0.2, 0.25) is 15.9 Å². The van der Waals surface area contributed by atoms with Crippen LogP contribution in [0.4, 0.5) is 0 Å². The minimum absolute atomic E-state index is 0.0286. The van der Waals surface area contributed by atoms with Gasteiger partial charge in [-0.25, -0.2) is 12.7 Å². The van der Waals surface area contributed by atoms with Crippen molar-refractivity contribution >= 4 is 15.9 Å². The average molecular weight is 373 g/mol. The normalized spacial score (nSPS) is 18.4. The first-order chi connectivity index (χ1) is 12.5. The molecule has 2 aromatic rings. The summed E-state index contributed by atoms with van der Waals surface area (Å²) in [6, 6.07) is 12.8. The van der Waals surface area contributed by atoms with Gasteiger partial charge in [-0.1, -0.05) is 30.3 Å². The Morgan fingerprint density at radius 2 is 1.85 bits per heavy atom. The van der Waals surface area contributed by atoms with E-state index in [2.05, 4.69) is 10.3 Å². The number of hydrogen-bond acceptors (Lipinski definition) is 4. The third kappa shape index (κ3) is 4.89. The zero-order chi connectivity index (χ0) is 18.4. The highest BCUT2D eigenvalue weighted by Crippen LogP contribution is 2.21. The second kappa shape index (κ2) is 8.42. The van der Waals surface area contributed by atoms with Crippen LogP contribution in [0, 0.1) is 5.92 Å². The van der Waals surface area contributed by atoms with Crippen molar-refractivity contribution in [3.8, 4) is 0 Å². The van der Waals surface area contributed by atoms with Crippen molar-refractivity contribution in [2.75, 3.05) is 13.1 Å².